The first kappa shape index (κ1) is 43.1. The molecule has 0 radical (unpaired) electrons. The summed E-state index contributed by atoms with van der Waals surface area (Å²) in [5.41, 5.74) is 20.2. The lowest BCUT2D eigenvalue weighted by molar-refractivity contribution is 0.669. The zero-order valence-electron chi connectivity index (χ0n) is 41.6. The summed E-state index contributed by atoms with van der Waals surface area (Å²) >= 11 is 0. The second-order valence-electron chi connectivity index (χ2n) is 20.1. The largest absolute Gasteiger partial charge is 0.456 e. The minimum Gasteiger partial charge on any atom is -0.456 e. The molecule has 12 aromatic carbocycles. The Morgan fingerprint density at radius 3 is 1.05 bits per heavy atom. The second-order valence-corrected chi connectivity index (χ2v) is 20.1. The fourth-order valence-electron chi connectivity index (χ4n) is 12.1. The van der Waals surface area contributed by atoms with Crippen LogP contribution in [-0.4, -0.2) is 9.13 Å². The molecular formula is C72H45N3O2. The van der Waals surface area contributed by atoms with Crippen molar-refractivity contribution >= 4 is 105 Å². The monoisotopic (exact) mass is 983 g/mol. The van der Waals surface area contributed by atoms with Gasteiger partial charge in [-0.3, -0.25) is 0 Å². The van der Waals surface area contributed by atoms with E-state index in [0.29, 0.717) is 0 Å². The van der Waals surface area contributed by atoms with Gasteiger partial charge in [0.1, 0.15) is 22.3 Å². The predicted molar refractivity (Wildman–Crippen MR) is 321 cm³/mol. The maximum atomic E-state index is 6.49. The van der Waals surface area contributed by atoms with Gasteiger partial charge in [0.15, 0.2) is 0 Å². The third-order valence-electron chi connectivity index (χ3n) is 15.7. The Morgan fingerprint density at radius 2 is 0.571 bits per heavy atom. The van der Waals surface area contributed by atoms with Crippen molar-refractivity contribution in [3.05, 3.63) is 273 Å². The molecule has 77 heavy (non-hydrogen) atoms. The number of aromatic nitrogens is 2. The average molecular weight is 984 g/mol. The molecule has 0 aliphatic carbocycles. The quantitative estimate of drug-likeness (QED) is 0.152. The van der Waals surface area contributed by atoms with Crippen molar-refractivity contribution in [2.75, 3.05) is 4.90 Å². The summed E-state index contributed by atoms with van der Waals surface area (Å²) < 4.78 is 17.8. The molecular weight excluding hydrogens is 939 g/mol. The Balaban J connectivity index is 0.877. The molecule has 0 spiro atoms. The van der Waals surface area contributed by atoms with Gasteiger partial charge in [0.05, 0.1) is 22.1 Å². The molecule has 0 N–H and O–H groups in total. The molecule has 5 nitrogen and oxygen atoms in total. The van der Waals surface area contributed by atoms with E-state index >= 15 is 0 Å². The fourth-order valence-corrected chi connectivity index (χ4v) is 12.1. The highest BCUT2D eigenvalue weighted by atomic mass is 16.3. The normalized spacial score (nSPS) is 11.9. The predicted octanol–water partition coefficient (Wildman–Crippen LogP) is 20.2. The van der Waals surface area contributed by atoms with E-state index in [1.54, 1.807) is 0 Å². The number of hydrogen-bond acceptors (Lipinski definition) is 3. The molecule has 0 saturated carbocycles. The molecule has 16 rings (SSSR count). The summed E-state index contributed by atoms with van der Waals surface area (Å²) in [4.78, 5) is 2.30. The van der Waals surface area contributed by atoms with Gasteiger partial charge in [-0.05, 0) is 149 Å². The fraction of sp³-hybridized carbons (Fsp3) is 0. The van der Waals surface area contributed by atoms with Crippen LogP contribution in [0.5, 0.6) is 0 Å². The standard InChI is InChI=1S/C72H45N3O2/c1-3-15-52(16-4-1)74-65-23-11-7-19-57(65)59-35-29-47(42-67(59)74)50-39-49(40-51(41-50)48-30-36-60-58-20-8-12-24-66(58)75(68(60)43-48)53-17-5-2-6-18-53)46-27-31-54(32-28-46)73(55-33-37-63-61-21-9-13-25-69(61)76-71(63)44-55)56-34-38-64-62-22-10-14-26-70(62)77-72(64)45-56/h1-45H. The third-order valence-corrected chi connectivity index (χ3v) is 15.7. The first-order valence-electron chi connectivity index (χ1n) is 26.2. The number of anilines is 3. The third kappa shape index (κ3) is 6.95. The average Bonchev–Trinajstić information content (AvgIpc) is 4.31. The Kier molecular flexibility index (Phi) is 9.57. The zero-order valence-corrected chi connectivity index (χ0v) is 41.6. The van der Waals surface area contributed by atoms with Crippen molar-refractivity contribution in [2.45, 2.75) is 0 Å². The van der Waals surface area contributed by atoms with E-state index in [1.807, 2.05) is 24.3 Å². The van der Waals surface area contributed by atoms with Gasteiger partial charge in [-0.15, -0.1) is 0 Å². The number of nitrogens with zero attached hydrogens (tertiary/aromatic N) is 3. The summed E-state index contributed by atoms with van der Waals surface area (Å²) in [6.07, 6.45) is 0. The van der Waals surface area contributed by atoms with Crippen LogP contribution < -0.4 is 4.90 Å². The van der Waals surface area contributed by atoms with E-state index < -0.39 is 0 Å². The molecule has 16 aromatic rings. The zero-order chi connectivity index (χ0) is 50.6. The van der Waals surface area contributed by atoms with E-state index in [0.717, 1.165) is 106 Å². The molecule has 0 fully saturated rings. The van der Waals surface area contributed by atoms with E-state index in [2.05, 4.69) is 263 Å². The number of para-hydroxylation sites is 6. The smallest absolute Gasteiger partial charge is 0.137 e. The van der Waals surface area contributed by atoms with Crippen LogP contribution in [0, 0.1) is 0 Å². The highest BCUT2D eigenvalue weighted by molar-refractivity contribution is 6.12. The molecule has 0 saturated heterocycles. The molecule has 0 amide bonds. The van der Waals surface area contributed by atoms with Crippen LogP contribution in [0.3, 0.4) is 0 Å². The molecule has 5 heteroatoms. The Morgan fingerprint density at radius 1 is 0.221 bits per heavy atom. The van der Waals surface area contributed by atoms with Crippen LogP contribution in [0.15, 0.2) is 282 Å². The molecule has 0 aliphatic heterocycles. The molecule has 0 atom stereocenters. The highest BCUT2D eigenvalue weighted by Crippen LogP contribution is 2.44. The maximum Gasteiger partial charge on any atom is 0.137 e. The molecule has 360 valence electrons. The van der Waals surface area contributed by atoms with Gasteiger partial charge in [0.2, 0.25) is 0 Å². The lowest BCUT2D eigenvalue weighted by Crippen LogP contribution is -2.09. The Bertz CT molecular complexity index is 4690. The molecule has 0 unspecified atom stereocenters. The minimum absolute atomic E-state index is 0.837. The van der Waals surface area contributed by atoms with Crippen LogP contribution in [0.4, 0.5) is 17.1 Å². The van der Waals surface area contributed by atoms with Crippen LogP contribution in [-0.2, 0) is 0 Å². The Labute approximate surface area is 442 Å². The van der Waals surface area contributed by atoms with Crippen molar-refractivity contribution in [3.8, 4) is 44.8 Å². The van der Waals surface area contributed by atoms with Crippen molar-refractivity contribution in [2.24, 2.45) is 0 Å². The van der Waals surface area contributed by atoms with Crippen LogP contribution in [0.1, 0.15) is 0 Å². The van der Waals surface area contributed by atoms with Crippen molar-refractivity contribution in [3.63, 3.8) is 0 Å². The minimum atomic E-state index is 0.837. The number of furan rings is 2. The van der Waals surface area contributed by atoms with E-state index in [1.165, 1.54) is 43.6 Å². The number of hydrogen-bond donors (Lipinski definition) is 0. The van der Waals surface area contributed by atoms with Crippen LogP contribution >= 0.6 is 0 Å². The van der Waals surface area contributed by atoms with Crippen molar-refractivity contribution in [1.29, 1.82) is 0 Å². The van der Waals surface area contributed by atoms with Gasteiger partial charge in [-0.1, -0.05) is 146 Å². The first-order valence-corrected chi connectivity index (χ1v) is 26.2. The SMILES string of the molecule is c1ccc(-n2c3ccccc3c3ccc(-c4cc(-c5ccc(N(c6ccc7c(c6)oc6ccccc67)c6ccc7c(c6)oc6ccccc67)cc5)cc(-c5ccc6c7ccccc7n(-c7ccccc7)c6c5)c4)cc32)cc1. The van der Waals surface area contributed by atoms with Gasteiger partial charge in [0, 0.05) is 83.7 Å². The van der Waals surface area contributed by atoms with Gasteiger partial charge >= 0.3 is 0 Å². The summed E-state index contributed by atoms with van der Waals surface area (Å²) in [6, 6.07) is 98.5. The molecule has 0 aliphatic rings. The summed E-state index contributed by atoms with van der Waals surface area (Å²) in [5.74, 6) is 0. The lowest BCUT2D eigenvalue weighted by atomic mass is 9.92. The van der Waals surface area contributed by atoms with Crippen molar-refractivity contribution < 1.29 is 8.83 Å². The molecule has 4 heterocycles. The first-order chi connectivity index (χ1) is 38.1. The van der Waals surface area contributed by atoms with E-state index in [9.17, 15) is 0 Å². The van der Waals surface area contributed by atoms with Crippen LogP contribution in [0.2, 0.25) is 0 Å². The highest BCUT2D eigenvalue weighted by Gasteiger charge is 2.20. The second kappa shape index (κ2) is 17.1. The molecule has 4 aromatic heterocycles. The molecule has 0 bridgehead atoms. The van der Waals surface area contributed by atoms with Crippen LogP contribution in [0.25, 0.3) is 132 Å². The number of benzene rings is 12. The number of fused-ring (bicyclic) bond motifs is 12. The topological polar surface area (TPSA) is 39.4 Å². The summed E-state index contributed by atoms with van der Waals surface area (Å²) in [6.45, 7) is 0. The summed E-state index contributed by atoms with van der Waals surface area (Å²) in [7, 11) is 0. The van der Waals surface area contributed by atoms with Gasteiger partial charge in [-0.2, -0.15) is 0 Å². The van der Waals surface area contributed by atoms with E-state index in [-0.39, 0.29) is 0 Å². The summed E-state index contributed by atoms with van der Waals surface area (Å²) in [5, 5.41) is 9.30. The van der Waals surface area contributed by atoms with Gasteiger partial charge in [-0.25, -0.2) is 0 Å². The number of rotatable bonds is 8. The van der Waals surface area contributed by atoms with E-state index in [4.69, 9.17) is 8.83 Å². The maximum absolute atomic E-state index is 6.49. The van der Waals surface area contributed by atoms with Gasteiger partial charge < -0.3 is 22.9 Å². The Hall–Kier alpha value is -10.4. The lowest BCUT2D eigenvalue weighted by Gasteiger charge is -2.25. The van der Waals surface area contributed by atoms with Gasteiger partial charge in [0.25, 0.3) is 0 Å². The van der Waals surface area contributed by atoms with Crippen molar-refractivity contribution in [1.82, 2.24) is 9.13 Å².